The fourth-order valence-corrected chi connectivity index (χ4v) is 4.06. The molecule has 0 unspecified atom stereocenters. The molecule has 6 nitrogen and oxygen atoms in total. The number of fused-ring (bicyclic) bond motifs is 1. The Morgan fingerprint density at radius 3 is 2.93 bits per heavy atom. The number of hydrogen-bond donors (Lipinski definition) is 1. The summed E-state index contributed by atoms with van der Waals surface area (Å²) in [5.41, 5.74) is 5.02. The minimum Gasteiger partial charge on any atom is -0.493 e. The average molecular weight is 395 g/mol. The molecule has 1 N–H and O–H groups in total. The molecule has 0 radical (unpaired) electrons. The van der Waals surface area contributed by atoms with E-state index in [9.17, 15) is 4.79 Å². The Morgan fingerprint density at radius 1 is 1.32 bits per heavy atom. The lowest BCUT2D eigenvalue weighted by molar-refractivity contribution is 0.0926. The highest BCUT2D eigenvalue weighted by Gasteiger charge is 2.16. The van der Waals surface area contributed by atoms with Crippen LogP contribution in [0.5, 0.6) is 5.75 Å². The van der Waals surface area contributed by atoms with Crippen molar-refractivity contribution in [1.82, 2.24) is 15.1 Å². The van der Waals surface area contributed by atoms with Gasteiger partial charge in [0.25, 0.3) is 5.91 Å². The van der Waals surface area contributed by atoms with Crippen LogP contribution in [0.2, 0.25) is 0 Å². The minimum absolute atomic E-state index is 0.252. The van der Waals surface area contributed by atoms with E-state index in [-0.39, 0.29) is 11.7 Å². The van der Waals surface area contributed by atoms with Gasteiger partial charge in [-0.05, 0) is 48.4 Å². The van der Waals surface area contributed by atoms with E-state index in [0.717, 1.165) is 22.3 Å². The molecular weight excluding hydrogens is 374 g/mol. The number of thiophene rings is 1. The fraction of sp³-hybridized carbons (Fsp3) is 0.238. The molecule has 144 valence electrons. The molecule has 4 aromatic rings. The number of ether oxygens (including phenoxy) is 1. The number of methoxy groups -OCH3 is 1. The number of nitrogens with zero attached hydrogens (tertiary/aromatic N) is 2. The second kappa shape index (κ2) is 7.52. The Balaban J connectivity index is 1.44. The van der Waals surface area contributed by atoms with Crippen molar-refractivity contribution in [3.05, 3.63) is 58.2 Å². The van der Waals surface area contributed by atoms with E-state index in [1.54, 1.807) is 30.6 Å². The van der Waals surface area contributed by atoms with Crippen molar-refractivity contribution in [1.29, 1.82) is 0 Å². The van der Waals surface area contributed by atoms with Crippen molar-refractivity contribution in [2.45, 2.75) is 20.4 Å². The van der Waals surface area contributed by atoms with Crippen LogP contribution in [0.3, 0.4) is 0 Å². The monoisotopic (exact) mass is 395 g/mol. The zero-order chi connectivity index (χ0) is 19.7. The molecule has 0 spiro atoms. The number of hydrogen-bond acceptors (Lipinski definition) is 5. The first-order valence-electron chi connectivity index (χ1n) is 9.00. The van der Waals surface area contributed by atoms with Crippen LogP contribution in [0.1, 0.15) is 21.9 Å². The molecule has 1 amide bonds. The van der Waals surface area contributed by atoms with E-state index >= 15 is 0 Å². The first-order valence-corrected chi connectivity index (χ1v) is 9.94. The fourth-order valence-electron chi connectivity index (χ4n) is 3.41. The van der Waals surface area contributed by atoms with Crippen molar-refractivity contribution in [3.63, 3.8) is 0 Å². The van der Waals surface area contributed by atoms with Crippen LogP contribution in [0.15, 0.2) is 45.5 Å². The summed E-state index contributed by atoms with van der Waals surface area (Å²) < 4.78 is 12.9. The summed E-state index contributed by atoms with van der Waals surface area (Å²) in [6.45, 7) is 5.11. The zero-order valence-corrected chi connectivity index (χ0v) is 16.8. The van der Waals surface area contributed by atoms with Gasteiger partial charge in [-0.2, -0.15) is 16.4 Å². The van der Waals surface area contributed by atoms with Gasteiger partial charge in [0.2, 0.25) is 0 Å². The lowest BCUT2D eigenvalue weighted by Gasteiger charge is -2.06. The smallest absolute Gasteiger partial charge is 0.287 e. The van der Waals surface area contributed by atoms with E-state index in [2.05, 4.69) is 34.2 Å². The average Bonchev–Trinajstić information content (AvgIpc) is 3.41. The first kappa shape index (κ1) is 18.3. The molecule has 1 aromatic carbocycles. The number of aromatic nitrogens is 2. The highest BCUT2D eigenvalue weighted by molar-refractivity contribution is 7.08. The third-order valence-corrected chi connectivity index (χ3v) is 5.44. The van der Waals surface area contributed by atoms with Crippen molar-refractivity contribution in [3.8, 4) is 16.9 Å². The number of rotatable bonds is 6. The minimum atomic E-state index is -0.252. The zero-order valence-electron chi connectivity index (χ0n) is 16.0. The van der Waals surface area contributed by atoms with Crippen LogP contribution in [-0.2, 0) is 6.54 Å². The van der Waals surface area contributed by atoms with Gasteiger partial charge >= 0.3 is 0 Å². The molecule has 0 aliphatic heterocycles. The van der Waals surface area contributed by atoms with Crippen LogP contribution < -0.4 is 10.1 Å². The summed E-state index contributed by atoms with van der Waals surface area (Å²) in [7, 11) is 1.58. The van der Waals surface area contributed by atoms with Gasteiger partial charge in [0.1, 0.15) is 0 Å². The Morgan fingerprint density at radius 2 is 2.18 bits per heavy atom. The van der Waals surface area contributed by atoms with Gasteiger partial charge < -0.3 is 14.5 Å². The third kappa shape index (κ3) is 3.29. The van der Waals surface area contributed by atoms with Crippen LogP contribution in [0.4, 0.5) is 0 Å². The Kier molecular flexibility index (Phi) is 4.92. The molecule has 0 aliphatic rings. The second-order valence-electron chi connectivity index (χ2n) is 6.53. The number of benzene rings is 1. The number of carbonyl (C=O) groups excluding carboxylic acids is 1. The van der Waals surface area contributed by atoms with Gasteiger partial charge in [-0.25, -0.2) is 0 Å². The number of aryl methyl sites for hydroxylation is 1. The van der Waals surface area contributed by atoms with E-state index in [1.165, 1.54) is 5.56 Å². The lowest BCUT2D eigenvalue weighted by atomic mass is 10.1. The van der Waals surface area contributed by atoms with E-state index < -0.39 is 0 Å². The normalized spacial score (nSPS) is 11.1. The Hall–Kier alpha value is -3.06. The highest BCUT2D eigenvalue weighted by Crippen LogP contribution is 2.29. The Bertz CT molecular complexity index is 1130. The van der Waals surface area contributed by atoms with Crippen LogP contribution >= 0.6 is 11.3 Å². The van der Waals surface area contributed by atoms with E-state index in [1.807, 2.05) is 23.7 Å². The summed E-state index contributed by atoms with van der Waals surface area (Å²) in [5.74, 6) is 0.629. The lowest BCUT2D eigenvalue weighted by Crippen LogP contribution is -2.27. The molecule has 7 heteroatoms. The molecule has 0 saturated carbocycles. The molecule has 0 fully saturated rings. The maximum atomic E-state index is 12.5. The summed E-state index contributed by atoms with van der Waals surface area (Å²) in [4.78, 5) is 12.5. The molecule has 3 aromatic heterocycles. The molecule has 0 atom stereocenters. The van der Waals surface area contributed by atoms with Crippen molar-refractivity contribution in [2.75, 3.05) is 13.7 Å². The molecule has 3 heterocycles. The Labute approximate surface area is 166 Å². The van der Waals surface area contributed by atoms with Crippen LogP contribution in [0.25, 0.3) is 22.1 Å². The molecular formula is C21H21N3O3S. The van der Waals surface area contributed by atoms with Gasteiger partial charge in [-0.1, -0.05) is 12.1 Å². The van der Waals surface area contributed by atoms with Crippen molar-refractivity contribution in [2.24, 2.45) is 0 Å². The third-order valence-electron chi connectivity index (χ3n) is 4.75. The SMILES string of the molecule is COc1cccc2cc(C(=O)NCCn3nc(C)c(-c4ccsc4)c3C)oc12. The number of carbonyl (C=O) groups is 1. The highest BCUT2D eigenvalue weighted by atomic mass is 32.1. The molecule has 4 rings (SSSR count). The van der Waals surface area contributed by atoms with Gasteiger partial charge in [0, 0.05) is 23.2 Å². The second-order valence-corrected chi connectivity index (χ2v) is 7.31. The summed E-state index contributed by atoms with van der Waals surface area (Å²) in [5, 5.41) is 12.6. The number of para-hydroxylation sites is 1. The predicted molar refractivity (Wildman–Crippen MR) is 110 cm³/mol. The quantitative estimate of drug-likeness (QED) is 0.525. The van der Waals surface area contributed by atoms with Crippen LogP contribution in [0, 0.1) is 13.8 Å². The number of amides is 1. The van der Waals surface area contributed by atoms with Crippen LogP contribution in [-0.4, -0.2) is 29.3 Å². The summed E-state index contributed by atoms with van der Waals surface area (Å²) >= 11 is 1.67. The number of nitrogens with one attached hydrogen (secondary N) is 1. The maximum Gasteiger partial charge on any atom is 0.287 e. The van der Waals surface area contributed by atoms with E-state index in [0.29, 0.717) is 24.4 Å². The van der Waals surface area contributed by atoms with Gasteiger partial charge in [0.15, 0.2) is 17.1 Å². The summed E-state index contributed by atoms with van der Waals surface area (Å²) in [6, 6.07) is 9.39. The number of furan rings is 1. The molecule has 28 heavy (non-hydrogen) atoms. The summed E-state index contributed by atoms with van der Waals surface area (Å²) in [6.07, 6.45) is 0. The van der Waals surface area contributed by atoms with Gasteiger partial charge in [-0.15, -0.1) is 0 Å². The van der Waals surface area contributed by atoms with Gasteiger partial charge in [-0.3, -0.25) is 9.48 Å². The first-order chi connectivity index (χ1) is 13.6. The van der Waals surface area contributed by atoms with Crippen molar-refractivity contribution >= 4 is 28.2 Å². The van der Waals surface area contributed by atoms with E-state index in [4.69, 9.17) is 9.15 Å². The molecule has 0 saturated heterocycles. The molecule has 0 aliphatic carbocycles. The standard InChI is InChI=1S/C21H21N3O3S/c1-13-19(16-7-10-28-12-16)14(2)24(23-13)9-8-22-21(25)18-11-15-5-4-6-17(26-3)20(15)27-18/h4-7,10-12H,8-9H2,1-3H3,(H,22,25). The largest absolute Gasteiger partial charge is 0.493 e. The topological polar surface area (TPSA) is 69.3 Å². The predicted octanol–water partition coefficient (Wildman–Crippen LogP) is 4.41. The molecule has 0 bridgehead atoms. The van der Waals surface area contributed by atoms with Crippen molar-refractivity contribution < 1.29 is 13.9 Å². The van der Waals surface area contributed by atoms with Gasteiger partial charge in [0.05, 0.1) is 19.3 Å². The maximum absolute atomic E-state index is 12.5.